The summed E-state index contributed by atoms with van der Waals surface area (Å²) >= 11 is 0. The first-order chi connectivity index (χ1) is 26.6. The smallest absolute Gasteiger partial charge is 0.178 e. The van der Waals surface area contributed by atoms with Gasteiger partial charge in [-0.3, -0.25) is 0 Å². The summed E-state index contributed by atoms with van der Waals surface area (Å²) in [6.07, 6.45) is 8.33. The zero-order valence-electron chi connectivity index (χ0n) is 30.2. The molecule has 4 nitrogen and oxygen atoms in total. The summed E-state index contributed by atoms with van der Waals surface area (Å²) in [5.74, 6) is 1.80. The molecule has 1 fully saturated rings. The van der Waals surface area contributed by atoms with Crippen LogP contribution >= 0.6 is 0 Å². The molecule has 2 heterocycles. The lowest BCUT2D eigenvalue weighted by Gasteiger charge is -2.39. The number of anilines is 1. The third-order valence-electron chi connectivity index (χ3n) is 12.5. The second-order valence-electron chi connectivity index (χ2n) is 15.1. The van der Waals surface area contributed by atoms with E-state index in [9.17, 15) is 5.11 Å². The first kappa shape index (κ1) is 31.3. The molecule has 2 aliphatic heterocycles. The first-order valence-corrected chi connectivity index (χ1v) is 19.1. The van der Waals surface area contributed by atoms with Crippen molar-refractivity contribution in [2.24, 2.45) is 0 Å². The Labute approximate surface area is 315 Å². The van der Waals surface area contributed by atoms with E-state index in [2.05, 4.69) is 144 Å². The van der Waals surface area contributed by atoms with Gasteiger partial charge in [-0.05, 0) is 118 Å². The number of phenols is 1. The van der Waals surface area contributed by atoms with Crippen LogP contribution in [0.1, 0.15) is 58.2 Å². The number of piperidine rings is 1. The van der Waals surface area contributed by atoms with Gasteiger partial charge in [-0.15, -0.1) is 0 Å². The van der Waals surface area contributed by atoms with Crippen molar-refractivity contribution in [3.8, 4) is 39.5 Å². The average Bonchev–Trinajstić information content (AvgIpc) is 3.71. The molecular formula is C50H39NO3. The van der Waals surface area contributed by atoms with Crippen LogP contribution in [0.5, 0.6) is 17.2 Å². The van der Waals surface area contributed by atoms with E-state index in [0.717, 1.165) is 57.6 Å². The molecule has 0 bridgehead atoms. The van der Waals surface area contributed by atoms with Gasteiger partial charge in [0.2, 0.25) is 0 Å². The fourth-order valence-electron chi connectivity index (χ4n) is 10.1. The molecule has 2 aliphatic carbocycles. The van der Waals surface area contributed by atoms with Crippen molar-refractivity contribution in [1.29, 1.82) is 0 Å². The largest absolute Gasteiger partial charge is 0.508 e. The van der Waals surface area contributed by atoms with E-state index in [-0.39, 0.29) is 5.75 Å². The lowest BCUT2D eigenvalue weighted by molar-refractivity contribution is 0.163. The topological polar surface area (TPSA) is 41.9 Å². The van der Waals surface area contributed by atoms with Gasteiger partial charge in [-0.25, -0.2) is 0 Å². The Kier molecular flexibility index (Phi) is 6.73. The van der Waals surface area contributed by atoms with Crippen LogP contribution in [0.25, 0.3) is 39.1 Å². The predicted octanol–water partition coefficient (Wildman–Crippen LogP) is 11.2. The molecule has 7 aromatic rings. The highest BCUT2D eigenvalue weighted by molar-refractivity contribution is 6.11. The Bertz CT molecular complexity index is 2630. The summed E-state index contributed by atoms with van der Waals surface area (Å²) in [6, 6.07) is 49.6. The number of phenolic OH excluding ortho intramolecular Hbond substituents is 1. The van der Waals surface area contributed by atoms with Crippen molar-refractivity contribution in [1.82, 2.24) is 0 Å². The lowest BCUT2D eigenvalue weighted by Crippen LogP contribution is -2.35. The average molecular weight is 702 g/mol. The van der Waals surface area contributed by atoms with Crippen molar-refractivity contribution in [2.75, 3.05) is 25.1 Å². The van der Waals surface area contributed by atoms with Gasteiger partial charge >= 0.3 is 0 Å². The van der Waals surface area contributed by atoms with E-state index < -0.39 is 11.0 Å². The van der Waals surface area contributed by atoms with Gasteiger partial charge in [-0.2, -0.15) is 0 Å². The molecule has 4 aliphatic rings. The lowest BCUT2D eigenvalue weighted by atomic mass is 9.68. The minimum atomic E-state index is -0.908. The summed E-state index contributed by atoms with van der Waals surface area (Å²) in [5.41, 5.74) is 12.6. The molecule has 0 amide bonds. The number of benzene rings is 7. The summed E-state index contributed by atoms with van der Waals surface area (Å²) in [7, 11) is 1.74. The van der Waals surface area contributed by atoms with Crippen molar-refractivity contribution in [3.05, 3.63) is 185 Å². The number of rotatable bonds is 4. The summed E-state index contributed by atoms with van der Waals surface area (Å²) in [4.78, 5) is 2.50. The Hall–Kier alpha value is -6.26. The third-order valence-corrected chi connectivity index (χ3v) is 12.5. The van der Waals surface area contributed by atoms with Gasteiger partial charge in [0.05, 0.1) is 12.5 Å². The molecule has 0 aromatic heterocycles. The van der Waals surface area contributed by atoms with Gasteiger partial charge in [0.1, 0.15) is 17.2 Å². The quantitative estimate of drug-likeness (QED) is 0.198. The summed E-state index contributed by atoms with van der Waals surface area (Å²) in [6.45, 7) is 2.19. The standard InChI is InChI=1S/C50H39NO3/c1-53-36-23-25-40-45(31-36)50(43-16-8-6-14-37(43)38-15-7-9-17-44(38)50)47-41-26-27-49(32-12-4-2-5-13-32,33-18-20-34(21-19-33)51-28-10-3-11-29-51)54-48(41)42-30-35(52)22-24-39(42)46(40)47/h2,4-9,12-27,30-31,52H,3,10-11,28-29H2,1H3. The molecule has 262 valence electrons. The van der Waals surface area contributed by atoms with E-state index in [0.29, 0.717) is 0 Å². The Morgan fingerprint density at radius 2 is 1.31 bits per heavy atom. The second kappa shape index (κ2) is 11.6. The monoisotopic (exact) mass is 701 g/mol. The number of aromatic hydroxyl groups is 1. The Balaban J connectivity index is 1.23. The van der Waals surface area contributed by atoms with E-state index in [1.807, 2.05) is 12.1 Å². The Morgan fingerprint density at radius 3 is 2.04 bits per heavy atom. The number of hydrogen-bond donors (Lipinski definition) is 1. The molecule has 0 radical (unpaired) electrons. The number of ether oxygens (including phenoxy) is 2. The van der Waals surface area contributed by atoms with Crippen LogP contribution in [0.15, 0.2) is 146 Å². The van der Waals surface area contributed by atoms with Crippen LogP contribution in [-0.2, 0) is 11.0 Å². The maximum Gasteiger partial charge on any atom is 0.178 e. The fourth-order valence-corrected chi connectivity index (χ4v) is 10.1. The van der Waals surface area contributed by atoms with E-state index in [1.165, 1.54) is 63.9 Å². The number of methoxy groups -OCH3 is 1. The highest BCUT2D eigenvalue weighted by atomic mass is 16.5. The van der Waals surface area contributed by atoms with E-state index in [1.54, 1.807) is 7.11 Å². The summed E-state index contributed by atoms with van der Waals surface area (Å²) in [5, 5.41) is 13.1. The van der Waals surface area contributed by atoms with E-state index in [4.69, 9.17) is 9.47 Å². The minimum Gasteiger partial charge on any atom is -0.508 e. The van der Waals surface area contributed by atoms with Gasteiger partial charge < -0.3 is 19.5 Å². The third kappa shape index (κ3) is 4.14. The van der Waals surface area contributed by atoms with Gasteiger partial charge in [0, 0.05) is 40.9 Å². The highest BCUT2D eigenvalue weighted by Gasteiger charge is 2.54. The van der Waals surface area contributed by atoms with Gasteiger partial charge in [0.25, 0.3) is 0 Å². The number of nitrogens with zero attached hydrogens (tertiary/aromatic N) is 1. The van der Waals surface area contributed by atoms with Crippen LogP contribution in [-0.4, -0.2) is 25.3 Å². The van der Waals surface area contributed by atoms with E-state index >= 15 is 0 Å². The van der Waals surface area contributed by atoms with Crippen molar-refractivity contribution >= 4 is 22.5 Å². The van der Waals surface area contributed by atoms with Crippen molar-refractivity contribution in [2.45, 2.75) is 30.3 Å². The molecule has 11 rings (SSSR count). The summed E-state index contributed by atoms with van der Waals surface area (Å²) < 4.78 is 13.6. The molecule has 4 heteroatoms. The van der Waals surface area contributed by atoms with Gasteiger partial charge in [-0.1, -0.05) is 103 Å². The Morgan fingerprint density at radius 1 is 0.630 bits per heavy atom. The molecular weight excluding hydrogens is 663 g/mol. The molecule has 1 spiro atoms. The highest BCUT2D eigenvalue weighted by Crippen LogP contribution is 2.67. The maximum atomic E-state index is 11.1. The van der Waals surface area contributed by atoms with Crippen molar-refractivity contribution < 1.29 is 14.6 Å². The first-order valence-electron chi connectivity index (χ1n) is 19.1. The minimum absolute atomic E-state index is 0.207. The molecule has 1 N–H and O–H groups in total. The number of fused-ring (bicyclic) bond motifs is 15. The molecule has 1 unspecified atom stereocenters. The van der Waals surface area contributed by atoms with Crippen molar-refractivity contribution in [3.63, 3.8) is 0 Å². The molecule has 1 saturated heterocycles. The van der Waals surface area contributed by atoms with Crippen LogP contribution in [0, 0.1) is 0 Å². The second-order valence-corrected chi connectivity index (χ2v) is 15.1. The normalized spacial score (nSPS) is 18.4. The number of hydrogen-bond acceptors (Lipinski definition) is 4. The molecule has 54 heavy (non-hydrogen) atoms. The van der Waals surface area contributed by atoms with Gasteiger partial charge in [0.15, 0.2) is 5.60 Å². The van der Waals surface area contributed by atoms with Crippen LogP contribution in [0.3, 0.4) is 0 Å². The fraction of sp³-hybridized carbons (Fsp3) is 0.160. The van der Waals surface area contributed by atoms with Crippen LogP contribution < -0.4 is 14.4 Å². The van der Waals surface area contributed by atoms with Crippen LogP contribution in [0.4, 0.5) is 5.69 Å². The molecule has 0 saturated carbocycles. The molecule has 1 atom stereocenters. The zero-order valence-corrected chi connectivity index (χ0v) is 30.2. The maximum absolute atomic E-state index is 11.1. The zero-order chi connectivity index (χ0) is 36.0. The predicted molar refractivity (Wildman–Crippen MR) is 218 cm³/mol. The SMILES string of the molecule is COc1ccc2c(c1)C1(c3ccccc3-c3ccccc31)c1c3c(c4cc(O)ccc4c1-2)OC(c1ccccc1)(c1ccc(N2CCCCC2)cc1)C=C3. The molecule has 7 aromatic carbocycles. The van der Waals surface area contributed by atoms with Crippen LogP contribution in [0.2, 0.25) is 0 Å².